The largest absolute Gasteiger partial charge is 0.495 e. The summed E-state index contributed by atoms with van der Waals surface area (Å²) in [5.74, 6) is 0. The van der Waals surface area contributed by atoms with Crippen LogP contribution < -0.4 is 5.46 Å². The molecule has 1 saturated heterocycles. The predicted octanol–water partition coefficient (Wildman–Crippen LogP) is 7.63. The van der Waals surface area contributed by atoms with Crippen molar-refractivity contribution < 1.29 is 9.31 Å². The van der Waals surface area contributed by atoms with Gasteiger partial charge in [0.1, 0.15) is 0 Å². The van der Waals surface area contributed by atoms with E-state index in [0.29, 0.717) is 0 Å². The van der Waals surface area contributed by atoms with Gasteiger partial charge in [-0.05, 0) is 83.0 Å². The normalized spacial score (nSPS) is 16.7. The molecule has 1 heterocycles. The summed E-state index contributed by atoms with van der Waals surface area (Å²) < 4.78 is 12.8. The smallest absolute Gasteiger partial charge is 0.399 e. The lowest BCUT2D eigenvalue weighted by Gasteiger charge is -2.32. The van der Waals surface area contributed by atoms with Crippen LogP contribution >= 0.6 is 0 Å². The Balaban J connectivity index is 1.47. The van der Waals surface area contributed by atoms with Crippen molar-refractivity contribution in [1.82, 2.24) is 0 Å². The molecule has 0 bridgehead atoms. The molecule has 0 amide bonds. The van der Waals surface area contributed by atoms with E-state index in [1.807, 2.05) is 0 Å². The van der Waals surface area contributed by atoms with Crippen molar-refractivity contribution in [3.63, 3.8) is 0 Å². The Morgan fingerprint density at radius 3 is 1.77 bits per heavy atom. The van der Waals surface area contributed by atoms with Crippen LogP contribution in [0.25, 0.3) is 43.8 Å². The molecule has 0 unspecified atom stereocenters. The van der Waals surface area contributed by atoms with Crippen LogP contribution in [0, 0.1) is 0 Å². The minimum Gasteiger partial charge on any atom is -0.399 e. The number of benzene rings is 5. The van der Waals surface area contributed by atoms with Gasteiger partial charge >= 0.3 is 7.12 Å². The maximum atomic E-state index is 6.40. The summed E-state index contributed by atoms with van der Waals surface area (Å²) in [4.78, 5) is 0. The van der Waals surface area contributed by atoms with Gasteiger partial charge in [0.15, 0.2) is 0 Å². The average molecular weight is 456 g/mol. The summed E-state index contributed by atoms with van der Waals surface area (Å²) in [7, 11) is -0.388. The third kappa shape index (κ3) is 3.67. The lowest BCUT2D eigenvalue weighted by Crippen LogP contribution is -2.41. The highest BCUT2D eigenvalue weighted by Crippen LogP contribution is 2.38. The van der Waals surface area contributed by atoms with Crippen LogP contribution in [-0.2, 0) is 9.31 Å². The van der Waals surface area contributed by atoms with E-state index in [2.05, 4.69) is 131 Å². The van der Waals surface area contributed by atoms with E-state index in [1.165, 1.54) is 43.8 Å². The lowest BCUT2D eigenvalue weighted by molar-refractivity contribution is 0.00578. The van der Waals surface area contributed by atoms with Crippen molar-refractivity contribution in [3.8, 4) is 22.3 Å². The quantitative estimate of drug-likeness (QED) is 0.260. The average Bonchev–Trinajstić information content (AvgIpc) is 3.09. The van der Waals surface area contributed by atoms with Crippen LogP contribution in [0.3, 0.4) is 0 Å². The summed E-state index contributed by atoms with van der Waals surface area (Å²) in [6, 6.07) is 36.9. The number of fused-ring (bicyclic) bond motifs is 2. The molecule has 1 aliphatic heterocycles. The van der Waals surface area contributed by atoms with Crippen molar-refractivity contribution in [3.05, 3.63) is 103 Å². The highest BCUT2D eigenvalue weighted by atomic mass is 16.7. The lowest BCUT2D eigenvalue weighted by atomic mass is 9.75. The fourth-order valence-electron chi connectivity index (χ4n) is 5.08. The van der Waals surface area contributed by atoms with Gasteiger partial charge in [0, 0.05) is 0 Å². The number of rotatable bonds is 3. The molecule has 0 aromatic heterocycles. The van der Waals surface area contributed by atoms with Crippen LogP contribution in [0.4, 0.5) is 0 Å². The molecule has 1 fully saturated rings. The fraction of sp³-hybridized carbons (Fsp3) is 0.188. The fourth-order valence-corrected chi connectivity index (χ4v) is 5.08. The molecule has 5 aromatic rings. The molecule has 0 N–H and O–H groups in total. The zero-order chi connectivity index (χ0) is 24.2. The highest BCUT2D eigenvalue weighted by Gasteiger charge is 2.52. The van der Waals surface area contributed by atoms with E-state index >= 15 is 0 Å². The monoisotopic (exact) mass is 456 g/mol. The van der Waals surface area contributed by atoms with Crippen molar-refractivity contribution in [2.75, 3.05) is 0 Å². The summed E-state index contributed by atoms with van der Waals surface area (Å²) in [6.45, 7) is 8.40. The van der Waals surface area contributed by atoms with E-state index < -0.39 is 0 Å². The Morgan fingerprint density at radius 2 is 1.06 bits per heavy atom. The third-order valence-electron chi connectivity index (χ3n) is 7.74. The molecule has 0 aliphatic carbocycles. The van der Waals surface area contributed by atoms with Crippen LogP contribution in [-0.4, -0.2) is 18.3 Å². The molecule has 172 valence electrons. The topological polar surface area (TPSA) is 18.5 Å². The van der Waals surface area contributed by atoms with Crippen LogP contribution in [0.1, 0.15) is 27.7 Å². The standard InChI is InChI=1S/C32H29BO2/c1-31(2)32(3,4)35-33(34-31)30-20-19-27(28-16-7-8-17-29(28)30)24-14-9-13-23(21-24)26-18-10-12-22-11-5-6-15-25(22)26/h5-21H,1-4H3. The molecule has 0 spiro atoms. The van der Waals surface area contributed by atoms with Gasteiger partial charge in [0.2, 0.25) is 0 Å². The summed E-state index contributed by atoms with van der Waals surface area (Å²) >= 11 is 0. The van der Waals surface area contributed by atoms with Crippen molar-refractivity contribution >= 4 is 34.1 Å². The maximum absolute atomic E-state index is 6.40. The first kappa shape index (κ1) is 22.1. The Hall–Kier alpha value is -3.40. The molecule has 5 aromatic carbocycles. The van der Waals surface area contributed by atoms with Crippen molar-refractivity contribution in [2.45, 2.75) is 38.9 Å². The maximum Gasteiger partial charge on any atom is 0.495 e. The van der Waals surface area contributed by atoms with E-state index in [0.717, 1.165) is 5.46 Å². The predicted molar refractivity (Wildman–Crippen MR) is 148 cm³/mol. The second kappa shape index (κ2) is 8.08. The van der Waals surface area contributed by atoms with Gasteiger partial charge in [-0.1, -0.05) is 97.1 Å². The van der Waals surface area contributed by atoms with Gasteiger partial charge in [-0.2, -0.15) is 0 Å². The molecule has 0 radical (unpaired) electrons. The molecule has 2 nitrogen and oxygen atoms in total. The van der Waals surface area contributed by atoms with Gasteiger partial charge < -0.3 is 9.31 Å². The molecule has 35 heavy (non-hydrogen) atoms. The Kier molecular flexibility index (Phi) is 5.10. The van der Waals surface area contributed by atoms with E-state index in [1.54, 1.807) is 0 Å². The number of hydrogen-bond acceptors (Lipinski definition) is 2. The van der Waals surface area contributed by atoms with Gasteiger partial charge in [-0.3, -0.25) is 0 Å². The first-order valence-electron chi connectivity index (χ1n) is 12.3. The zero-order valence-corrected chi connectivity index (χ0v) is 20.7. The first-order chi connectivity index (χ1) is 16.8. The molecular formula is C32H29BO2. The van der Waals surface area contributed by atoms with Crippen LogP contribution in [0.2, 0.25) is 0 Å². The zero-order valence-electron chi connectivity index (χ0n) is 20.7. The number of hydrogen-bond donors (Lipinski definition) is 0. The summed E-state index contributed by atoms with van der Waals surface area (Å²) in [5, 5.41) is 4.90. The molecular weight excluding hydrogens is 427 g/mol. The Bertz CT molecular complexity index is 1550. The van der Waals surface area contributed by atoms with Gasteiger partial charge in [-0.15, -0.1) is 0 Å². The van der Waals surface area contributed by atoms with E-state index in [4.69, 9.17) is 9.31 Å². The van der Waals surface area contributed by atoms with Crippen LogP contribution in [0.15, 0.2) is 103 Å². The van der Waals surface area contributed by atoms with Crippen molar-refractivity contribution in [1.29, 1.82) is 0 Å². The van der Waals surface area contributed by atoms with Crippen molar-refractivity contribution in [2.24, 2.45) is 0 Å². The minimum atomic E-state index is -0.388. The molecule has 0 saturated carbocycles. The van der Waals surface area contributed by atoms with E-state index in [9.17, 15) is 0 Å². The summed E-state index contributed by atoms with van der Waals surface area (Å²) in [6.07, 6.45) is 0. The van der Waals surface area contributed by atoms with Gasteiger partial charge in [-0.25, -0.2) is 0 Å². The second-order valence-corrected chi connectivity index (χ2v) is 10.4. The second-order valence-electron chi connectivity index (χ2n) is 10.4. The SMILES string of the molecule is CC1(C)OB(c2ccc(-c3cccc(-c4cccc5ccccc45)c3)c3ccccc23)OC1(C)C. The highest BCUT2D eigenvalue weighted by molar-refractivity contribution is 6.65. The van der Waals surface area contributed by atoms with E-state index in [-0.39, 0.29) is 18.3 Å². The first-order valence-corrected chi connectivity index (χ1v) is 12.3. The molecule has 6 rings (SSSR count). The minimum absolute atomic E-state index is 0.371. The van der Waals surface area contributed by atoms with Gasteiger partial charge in [0.05, 0.1) is 11.2 Å². The van der Waals surface area contributed by atoms with Crippen LogP contribution in [0.5, 0.6) is 0 Å². The Morgan fingerprint density at radius 1 is 0.514 bits per heavy atom. The molecule has 0 atom stereocenters. The molecule has 3 heteroatoms. The Labute approximate surface area is 207 Å². The molecule has 1 aliphatic rings. The third-order valence-corrected chi connectivity index (χ3v) is 7.74. The summed E-state index contributed by atoms with van der Waals surface area (Å²) in [5.41, 5.74) is 5.22. The van der Waals surface area contributed by atoms with Gasteiger partial charge in [0.25, 0.3) is 0 Å².